The number of aliphatic hydroxyl groups is 1. The molecule has 0 spiro atoms. The van der Waals surface area contributed by atoms with Crippen LogP contribution in [0, 0.1) is 18.7 Å². The molecule has 3 N–H and O–H groups in total. The lowest BCUT2D eigenvalue weighted by atomic mass is 10.1. The quantitative estimate of drug-likeness (QED) is 0.787. The van der Waals surface area contributed by atoms with Crippen molar-refractivity contribution in [2.45, 2.75) is 19.6 Å². The molecular weight excluding hydrogens is 283 g/mol. The smallest absolute Gasteiger partial charge is 0.124 e. The molecule has 6 heteroatoms. The maximum Gasteiger partial charge on any atom is 0.124 e. The molecular formula is C16H21FN4O. The van der Waals surface area contributed by atoms with E-state index in [1.807, 2.05) is 17.7 Å². The Morgan fingerprint density at radius 1 is 1.50 bits per heavy atom. The Morgan fingerprint density at radius 2 is 2.36 bits per heavy atom. The van der Waals surface area contributed by atoms with Crippen LogP contribution in [0.1, 0.15) is 17.4 Å². The van der Waals surface area contributed by atoms with Crippen molar-refractivity contribution in [3.63, 3.8) is 0 Å². The number of hydrogen-bond donors (Lipinski definition) is 3. The van der Waals surface area contributed by atoms with Gasteiger partial charge in [0.1, 0.15) is 11.6 Å². The summed E-state index contributed by atoms with van der Waals surface area (Å²) in [4.78, 5) is 0. The van der Waals surface area contributed by atoms with Crippen LogP contribution in [0.3, 0.4) is 0 Å². The van der Waals surface area contributed by atoms with E-state index in [0.29, 0.717) is 18.0 Å². The molecule has 118 valence electrons. The van der Waals surface area contributed by atoms with Crippen LogP contribution in [0.2, 0.25) is 0 Å². The van der Waals surface area contributed by atoms with Gasteiger partial charge < -0.3 is 15.7 Å². The van der Waals surface area contributed by atoms with Crippen LogP contribution in [0.15, 0.2) is 30.3 Å². The Kier molecular flexibility index (Phi) is 4.40. The number of fused-ring (bicyclic) bond motifs is 1. The van der Waals surface area contributed by atoms with Crippen LogP contribution < -0.4 is 10.6 Å². The average molecular weight is 304 g/mol. The SMILES string of the molecule is Cc1cc2n(n1)C[C@H](CNC[C@@H](O)c1cccc(F)c1)CN2. The first kappa shape index (κ1) is 15.0. The summed E-state index contributed by atoms with van der Waals surface area (Å²) in [6.45, 7) is 4.91. The summed E-state index contributed by atoms with van der Waals surface area (Å²) in [5.74, 6) is 1.15. The van der Waals surface area contributed by atoms with Crippen LogP contribution in [0.4, 0.5) is 10.2 Å². The third-order valence-corrected chi connectivity index (χ3v) is 3.91. The number of hydrogen-bond acceptors (Lipinski definition) is 4. The molecule has 0 radical (unpaired) electrons. The Labute approximate surface area is 129 Å². The summed E-state index contributed by atoms with van der Waals surface area (Å²) in [5.41, 5.74) is 1.61. The molecule has 0 bridgehead atoms. The summed E-state index contributed by atoms with van der Waals surface area (Å²) < 4.78 is 15.1. The number of nitrogens with one attached hydrogen (secondary N) is 2. The van der Waals surface area contributed by atoms with Gasteiger partial charge in [0, 0.05) is 38.2 Å². The zero-order chi connectivity index (χ0) is 15.5. The highest BCUT2D eigenvalue weighted by Gasteiger charge is 2.19. The number of halogens is 1. The number of aliphatic hydroxyl groups excluding tert-OH is 1. The zero-order valence-corrected chi connectivity index (χ0v) is 12.6. The van der Waals surface area contributed by atoms with Crippen molar-refractivity contribution in [1.29, 1.82) is 0 Å². The molecule has 1 aliphatic rings. The molecule has 2 aromatic rings. The maximum absolute atomic E-state index is 13.1. The van der Waals surface area contributed by atoms with E-state index in [1.54, 1.807) is 12.1 Å². The zero-order valence-electron chi connectivity index (χ0n) is 12.6. The lowest BCUT2D eigenvalue weighted by Gasteiger charge is -2.25. The average Bonchev–Trinajstić information content (AvgIpc) is 2.86. The first-order chi connectivity index (χ1) is 10.6. The van der Waals surface area contributed by atoms with Gasteiger partial charge in [0.05, 0.1) is 11.8 Å². The molecule has 2 atom stereocenters. The van der Waals surface area contributed by atoms with Crippen LogP contribution in [-0.2, 0) is 6.54 Å². The number of rotatable bonds is 5. The van der Waals surface area contributed by atoms with Crippen molar-refractivity contribution in [2.24, 2.45) is 5.92 Å². The monoisotopic (exact) mass is 304 g/mol. The van der Waals surface area contributed by atoms with Gasteiger partial charge in [0.25, 0.3) is 0 Å². The molecule has 0 unspecified atom stereocenters. The lowest BCUT2D eigenvalue weighted by molar-refractivity contribution is 0.171. The third kappa shape index (κ3) is 3.45. The second kappa shape index (κ2) is 6.46. The van der Waals surface area contributed by atoms with E-state index >= 15 is 0 Å². The topological polar surface area (TPSA) is 62.1 Å². The predicted octanol–water partition coefficient (Wildman–Crippen LogP) is 1.70. The highest BCUT2D eigenvalue weighted by Crippen LogP contribution is 2.18. The number of anilines is 1. The minimum Gasteiger partial charge on any atom is -0.387 e. The molecule has 22 heavy (non-hydrogen) atoms. The van der Waals surface area contributed by atoms with Gasteiger partial charge in [-0.15, -0.1) is 0 Å². The molecule has 0 aliphatic carbocycles. The van der Waals surface area contributed by atoms with Crippen LogP contribution in [-0.4, -0.2) is 34.5 Å². The van der Waals surface area contributed by atoms with Gasteiger partial charge in [0.15, 0.2) is 0 Å². The number of aromatic nitrogens is 2. The summed E-state index contributed by atoms with van der Waals surface area (Å²) in [6, 6.07) is 8.13. The molecule has 0 amide bonds. The van der Waals surface area contributed by atoms with E-state index in [-0.39, 0.29) is 5.82 Å². The Hall–Kier alpha value is -1.92. The van der Waals surface area contributed by atoms with Crippen molar-refractivity contribution in [3.05, 3.63) is 47.4 Å². The van der Waals surface area contributed by atoms with Gasteiger partial charge >= 0.3 is 0 Å². The molecule has 0 fully saturated rings. The fraction of sp³-hybridized carbons (Fsp3) is 0.438. The van der Waals surface area contributed by atoms with Gasteiger partial charge in [-0.1, -0.05) is 12.1 Å². The molecule has 3 rings (SSSR count). The molecule has 5 nitrogen and oxygen atoms in total. The summed E-state index contributed by atoms with van der Waals surface area (Å²) >= 11 is 0. The minimum atomic E-state index is -0.699. The van der Waals surface area contributed by atoms with E-state index in [4.69, 9.17) is 0 Å². The van der Waals surface area contributed by atoms with Gasteiger partial charge in [-0.3, -0.25) is 0 Å². The van der Waals surface area contributed by atoms with Crippen molar-refractivity contribution in [3.8, 4) is 0 Å². The van der Waals surface area contributed by atoms with E-state index in [9.17, 15) is 9.50 Å². The fourth-order valence-electron chi connectivity index (χ4n) is 2.78. The molecule has 0 saturated carbocycles. The maximum atomic E-state index is 13.1. The normalized spacial score (nSPS) is 18.6. The van der Waals surface area contributed by atoms with Gasteiger partial charge in [-0.05, 0) is 24.6 Å². The first-order valence-corrected chi connectivity index (χ1v) is 7.54. The lowest BCUT2D eigenvalue weighted by Crippen LogP contribution is -2.36. The van der Waals surface area contributed by atoms with Crippen LogP contribution in [0.5, 0.6) is 0 Å². The highest BCUT2D eigenvalue weighted by molar-refractivity contribution is 5.38. The highest BCUT2D eigenvalue weighted by atomic mass is 19.1. The number of nitrogens with zero attached hydrogens (tertiary/aromatic N) is 2. The van der Waals surface area contributed by atoms with E-state index in [0.717, 1.165) is 31.1 Å². The number of benzene rings is 1. The van der Waals surface area contributed by atoms with E-state index in [1.165, 1.54) is 12.1 Å². The number of aryl methyl sites for hydroxylation is 1. The van der Waals surface area contributed by atoms with Crippen molar-refractivity contribution in [1.82, 2.24) is 15.1 Å². The molecule has 2 heterocycles. The summed E-state index contributed by atoms with van der Waals surface area (Å²) in [5, 5.41) is 21.1. The molecule has 1 aromatic heterocycles. The van der Waals surface area contributed by atoms with Crippen molar-refractivity contribution < 1.29 is 9.50 Å². The Bertz CT molecular complexity index is 643. The van der Waals surface area contributed by atoms with E-state index in [2.05, 4.69) is 15.7 Å². The van der Waals surface area contributed by atoms with Crippen molar-refractivity contribution >= 4 is 5.82 Å². The van der Waals surface area contributed by atoms with Crippen LogP contribution >= 0.6 is 0 Å². The van der Waals surface area contributed by atoms with Gasteiger partial charge in [-0.25, -0.2) is 9.07 Å². The van der Waals surface area contributed by atoms with Gasteiger partial charge in [-0.2, -0.15) is 5.10 Å². The van der Waals surface area contributed by atoms with Crippen molar-refractivity contribution in [2.75, 3.05) is 25.0 Å². The Morgan fingerprint density at radius 3 is 3.18 bits per heavy atom. The molecule has 0 saturated heterocycles. The fourth-order valence-corrected chi connectivity index (χ4v) is 2.78. The summed E-state index contributed by atoms with van der Waals surface area (Å²) in [6.07, 6.45) is -0.699. The second-order valence-corrected chi connectivity index (χ2v) is 5.83. The van der Waals surface area contributed by atoms with Crippen LogP contribution in [0.25, 0.3) is 0 Å². The van der Waals surface area contributed by atoms with E-state index < -0.39 is 6.10 Å². The molecule has 1 aromatic carbocycles. The van der Waals surface area contributed by atoms with Gasteiger partial charge in [0.2, 0.25) is 0 Å². The standard InChI is InChI=1S/C16H21FN4O/c1-11-5-16-19-8-12(10-21(16)20-11)7-18-9-15(22)13-3-2-4-14(17)6-13/h2-6,12,15,18-19,22H,7-10H2,1H3/t12-,15-/m1/s1. The largest absolute Gasteiger partial charge is 0.387 e. The molecule has 1 aliphatic heterocycles. The minimum absolute atomic E-state index is 0.324. The summed E-state index contributed by atoms with van der Waals surface area (Å²) in [7, 11) is 0. The Balaban J connectivity index is 1.47. The third-order valence-electron chi connectivity index (χ3n) is 3.91. The second-order valence-electron chi connectivity index (χ2n) is 5.83. The predicted molar refractivity (Wildman–Crippen MR) is 83.2 cm³/mol. The first-order valence-electron chi connectivity index (χ1n) is 7.54.